The van der Waals surface area contributed by atoms with Crippen molar-refractivity contribution >= 4 is 23.4 Å². The minimum absolute atomic E-state index is 0.0292. The van der Waals surface area contributed by atoms with Crippen LogP contribution in [0.2, 0.25) is 0 Å². The summed E-state index contributed by atoms with van der Waals surface area (Å²) >= 11 is 0. The van der Waals surface area contributed by atoms with E-state index in [1.54, 1.807) is 7.11 Å². The number of amides is 1. The first-order chi connectivity index (χ1) is 10.7. The molecule has 2 N–H and O–H groups in total. The first kappa shape index (κ1) is 16.1. The lowest BCUT2D eigenvalue weighted by molar-refractivity contribution is -0.121. The van der Waals surface area contributed by atoms with Gasteiger partial charge in [-0.15, -0.1) is 0 Å². The third-order valence-electron chi connectivity index (χ3n) is 3.57. The molecule has 0 aromatic heterocycles. The zero-order valence-corrected chi connectivity index (χ0v) is 13.6. The van der Waals surface area contributed by atoms with Crippen molar-refractivity contribution in [1.29, 1.82) is 0 Å². The first-order valence-corrected chi connectivity index (χ1v) is 7.70. The summed E-state index contributed by atoms with van der Waals surface area (Å²) in [5.41, 5.74) is 6.55. The number of carbonyl (C=O) groups excluding carboxylic acids is 1. The van der Waals surface area contributed by atoms with Crippen molar-refractivity contribution in [2.75, 3.05) is 12.4 Å². The Kier molecular flexibility index (Phi) is 5.20. The average Bonchev–Trinajstić information content (AvgIpc) is 2.56. The summed E-state index contributed by atoms with van der Waals surface area (Å²) in [6.07, 6.45) is 5.34. The molecular weight excluding hydrogens is 278 g/mol. The SMILES string of the molecule is CC.COc1ccc(C2=NNC(=O)CC2)c2c1NC(C)C=C2. The number of fused-ring (bicyclic) bond motifs is 1. The zero-order valence-electron chi connectivity index (χ0n) is 13.6. The van der Waals surface area contributed by atoms with Gasteiger partial charge in [0.15, 0.2) is 0 Å². The van der Waals surface area contributed by atoms with E-state index in [9.17, 15) is 4.79 Å². The van der Waals surface area contributed by atoms with E-state index >= 15 is 0 Å². The highest BCUT2D eigenvalue weighted by Crippen LogP contribution is 2.36. The number of carbonyl (C=O) groups is 1. The number of nitrogens with one attached hydrogen (secondary N) is 2. The number of hydrazone groups is 1. The Bertz CT molecular complexity index is 621. The van der Waals surface area contributed by atoms with Gasteiger partial charge in [-0.3, -0.25) is 4.79 Å². The molecule has 1 aromatic rings. The van der Waals surface area contributed by atoms with Crippen LogP contribution < -0.4 is 15.5 Å². The van der Waals surface area contributed by atoms with Gasteiger partial charge in [0.25, 0.3) is 0 Å². The molecule has 0 radical (unpaired) electrons. The molecule has 0 fully saturated rings. The standard InChI is InChI=1S/C15H17N3O2.C2H6/c1-9-3-4-11-10(12-6-8-14(19)18-17-12)5-7-13(20-2)15(11)16-9;1-2/h3-5,7,9,16H,6,8H2,1-2H3,(H,18,19);1-2H3. The number of methoxy groups -OCH3 is 1. The number of hydrogen-bond donors (Lipinski definition) is 2. The Hall–Kier alpha value is -2.30. The monoisotopic (exact) mass is 301 g/mol. The number of ether oxygens (including phenoxy) is 1. The lowest BCUT2D eigenvalue weighted by Gasteiger charge is -2.24. The molecule has 0 spiro atoms. The van der Waals surface area contributed by atoms with Crippen LogP contribution in [0.4, 0.5) is 5.69 Å². The Morgan fingerprint density at radius 3 is 2.68 bits per heavy atom. The lowest BCUT2D eigenvalue weighted by atomic mass is 9.94. The van der Waals surface area contributed by atoms with Gasteiger partial charge in [-0.05, 0) is 19.1 Å². The summed E-state index contributed by atoms with van der Waals surface area (Å²) in [5, 5.41) is 7.59. The molecule has 5 nitrogen and oxygen atoms in total. The van der Waals surface area contributed by atoms with E-state index in [-0.39, 0.29) is 11.9 Å². The maximum atomic E-state index is 11.2. The summed E-state index contributed by atoms with van der Waals surface area (Å²) in [7, 11) is 1.66. The van der Waals surface area contributed by atoms with E-state index in [0.717, 1.165) is 28.3 Å². The molecule has 2 heterocycles. The summed E-state index contributed by atoms with van der Waals surface area (Å²) in [6.45, 7) is 6.09. The minimum atomic E-state index is -0.0292. The van der Waals surface area contributed by atoms with Gasteiger partial charge in [0, 0.05) is 30.0 Å². The molecule has 2 aliphatic heterocycles. The Labute approximate surface area is 131 Å². The van der Waals surface area contributed by atoms with Crippen LogP contribution in [0.15, 0.2) is 23.3 Å². The molecule has 5 heteroatoms. The van der Waals surface area contributed by atoms with Crippen molar-refractivity contribution in [2.24, 2.45) is 5.10 Å². The van der Waals surface area contributed by atoms with Gasteiger partial charge in [0.1, 0.15) is 5.75 Å². The van der Waals surface area contributed by atoms with Gasteiger partial charge in [-0.25, -0.2) is 5.43 Å². The number of rotatable bonds is 2. The molecule has 1 amide bonds. The molecule has 1 aromatic carbocycles. The van der Waals surface area contributed by atoms with Crippen LogP contribution in [0, 0.1) is 0 Å². The second kappa shape index (κ2) is 7.11. The summed E-state index contributed by atoms with van der Waals surface area (Å²) in [5.74, 6) is 0.791. The van der Waals surface area contributed by atoms with E-state index in [4.69, 9.17) is 4.74 Å². The van der Waals surface area contributed by atoms with E-state index < -0.39 is 0 Å². The summed E-state index contributed by atoms with van der Waals surface area (Å²) in [6, 6.07) is 4.20. The largest absolute Gasteiger partial charge is 0.495 e. The molecule has 3 rings (SSSR count). The van der Waals surface area contributed by atoms with Gasteiger partial charge in [0.2, 0.25) is 5.91 Å². The highest BCUT2D eigenvalue weighted by molar-refractivity contribution is 6.08. The predicted octanol–water partition coefficient (Wildman–Crippen LogP) is 3.16. The maximum absolute atomic E-state index is 11.2. The number of hydrogen-bond acceptors (Lipinski definition) is 4. The molecule has 0 bridgehead atoms. The van der Waals surface area contributed by atoms with Crippen molar-refractivity contribution in [3.05, 3.63) is 29.3 Å². The van der Waals surface area contributed by atoms with Crippen molar-refractivity contribution in [2.45, 2.75) is 39.7 Å². The molecule has 118 valence electrons. The maximum Gasteiger partial charge on any atom is 0.240 e. The minimum Gasteiger partial charge on any atom is -0.495 e. The van der Waals surface area contributed by atoms with Crippen LogP contribution >= 0.6 is 0 Å². The lowest BCUT2D eigenvalue weighted by Crippen LogP contribution is -2.27. The zero-order chi connectivity index (χ0) is 16.1. The number of benzene rings is 1. The number of anilines is 1. The molecule has 0 aliphatic carbocycles. The van der Waals surface area contributed by atoms with Crippen LogP contribution in [-0.2, 0) is 4.79 Å². The van der Waals surface area contributed by atoms with E-state index in [1.807, 2.05) is 26.0 Å². The van der Waals surface area contributed by atoms with Crippen LogP contribution in [-0.4, -0.2) is 24.8 Å². The van der Waals surface area contributed by atoms with Crippen LogP contribution in [0.3, 0.4) is 0 Å². The van der Waals surface area contributed by atoms with Crippen LogP contribution in [0.25, 0.3) is 6.08 Å². The van der Waals surface area contributed by atoms with E-state index in [2.05, 4.69) is 34.9 Å². The fourth-order valence-electron chi connectivity index (χ4n) is 2.53. The van der Waals surface area contributed by atoms with Gasteiger partial charge in [0.05, 0.1) is 18.5 Å². The Morgan fingerprint density at radius 1 is 1.27 bits per heavy atom. The van der Waals surface area contributed by atoms with Crippen molar-refractivity contribution < 1.29 is 9.53 Å². The Morgan fingerprint density at radius 2 is 2.05 bits per heavy atom. The predicted molar refractivity (Wildman–Crippen MR) is 90.4 cm³/mol. The second-order valence-electron chi connectivity index (χ2n) is 4.99. The molecule has 22 heavy (non-hydrogen) atoms. The van der Waals surface area contributed by atoms with Crippen molar-refractivity contribution in [1.82, 2.24) is 5.43 Å². The number of nitrogens with zero attached hydrogens (tertiary/aromatic N) is 1. The molecular formula is C17H23N3O2. The highest BCUT2D eigenvalue weighted by atomic mass is 16.5. The van der Waals surface area contributed by atoms with E-state index in [0.29, 0.717) is 12.8 Å². The van der Waals surface area contributed by atoms with Crippen LogP contribution in [0.1, 0.15) is 44.7 Å². The van der Waals surface area contributed by atoms with Gasteiger partial charge < -0.3 is 10.1 Å². The molecule has 0 saturated carbocycles. The van der Waals surface area contributed by atoms with Crippen molar-refractivity contribution in [3.63, 3.8) is 0 Å². The third kappa shape index (κ3) is 3.13. The molecule has 1 unspecified atom stereocenters. The fourth-order valence-corrected chi connectivity index (χ4v) is 2.53. The van der Waals surface area contributed by atoms with Crippen molar-refractivity contribution in [3.8, 4) is 5.75 Å². The smallest absolute Gasteiger partial charge is 0.240 e. The third-order valence-corrected chi connectivity index (χ3v) is 3.57. The Balaban J connectivity index is 0.000000847. The molecule has 0 saturated heterocycles. The first-order valence-electron chi connectivity index (χ1n) is 7.70. The van der Waals surface area contributed by atoms with Gasteiger partial charge in [-0.2, -0.15) is 5.10 Å². The summed E-state index contributed by atoms with van der Waals surface area (Å²) < 4.78 is 5.41. The molecule has 1 atom stereocenters. The quantitative estimate of drug-likeness (QED) is 0.882. The van der Waals surface area contributed by atoms with Gasteiger partial charge >= 0.3 is 0 Å². The average molecular weight is 301 g/mol. The fraction of sp³-hybridized carbons (Fsp3) is 0.412. The highest BCUT2D eigenvalue weighted by Gasteiger charge is 2.21. The summed E-state index contributed by atoms with van der Waals surface area (Å²) in [4.78, 5) is 11.2. The topological polar surface area (TPSA) is 62.7 Å². The van der Waals surface area contributed by atoms with Gasteiger partial charge in [-0.1, -0.05) is 26.0 Å². The normalized spacial score (nSPS) is 19.0. The van der Waals surface area contributed by atoms with Crippen LogP contribution in [0.5, 0.6) is 5.75 Å². The second-order valence-corrected chi connectivity index (χ2v) is 4.99. The van der Waals surface area contributed by atoms with E-state index in [1.165, 1.54) is 0 Å². The molecule has 2 aliphatic rings.